The number of rotatable bonds is 5. The summed E-state index contributed by atoms with van der Waals surface area (Å²) < 4.78 is 0. The molecule has 0 fully saturated rings. The van der Waals surface area contributed by atoms with Crippen LogP contribution in [0.1, 0.15) is 27.8 Å². The lowest BCUT2D eigenvalue weighted by atomic mass is 9.64. The molecule has 3 aliphatic rings. The number of hydrogen-bond donors (Lipinski definition) is 2. The van der Waals surface area contributed by atoms with Gasteiger partial charge in [0, 0.05) is 48.8 Å². The van der Waals surface area contributed by atoms with Gasteiger partial charge in [-0.2, -0.15) is 0 Å². The molecular weight excluding hydrogens is 669 g/mol. The van der Waals surface area contributed by atoms with Gasteiger partial charge in [0.1, 0.15) is 0 Å². The van der Waals surface area contributed by atoms with Crippen LogP contribution >= 0.6 is 23.5 Å². The van der Waals surface area contributed by atoms with E-state index in [1.54, 1.807) is 0 Å². The fourth-order valence-electron chi connectivity index (χ4n) is 8.04. The first-order chi connectivity index (χ1) is 25.8. The number of hydrogen-bond acceptors (Lipinski definition) is 4. The number of allylic oxidation sites excluding steroid dienone is 2. The van der Waals surface area contributed by atoms with E-state index in [4.69, 9.17) is 0 Å². The van der Waals surface area contributed by atoms with Crippen LogP contribution in [0.2, 0.25) is 0 Å². The van der Waals surface area contributed by atoms with Gasteiger partial charge in [-0.1, -0.05) is 151 Å². The monoisotopic (exact) mass is 702 g/mol. The molecule has 52 heavy (non-hydrogen) atoms. The Labute approximate surface area is 313 Å². The highest BCUT2D eigenvalue weighted by molar-refractivity contribution is 8.00. The summed E-state index contributed by atoms with van der Waals surface area (Å²) in [5, 5.41) is 7.25. The van der Waals surface area contributed by atoms with Gasteiger partial charge in [0.2, 0.25) is 0 Å². The van der Waals surface area contributed by atoms with Gasteiger partial charge < -0.3 is 10.6 Å². The predicted octanol–water partition coefficient (Wildman–Crippen LogP) is 12.6. The topological polar surface area (TPSA) is 24.1 Å². The van der Waals surface area contributed by atoms with Gasteiger partial charge in [-0.25, -0.2) is 0 Å². The van der Waals surface area contributed by atoms with Gasteiger partial charge in [-0.3, -0.25) is 0 Å². The second-order valence-corrected chi connectivity index (χ2v) is 15.5. The first kappa shape index (κ1) is 31.1. The fourth-order valence-corrected chi connectivity index (χ4v) is 10.5. The lowest BCUT2D eigenvalue weighted by Gasteiger charge is -2.45. The number of nitrogens with one attached hydrogen (secondary N) is 2. The van der Waals surface area contributed by atoms with E-state index in [0.29, 0.717) is 0 Å². The summed E-state index contributed by atoms with van der Waals surface area (Å²) in [7, 11) is 0. The van der Waals surface area contributed by atoms with Crippen molar-refractivity contribution in [1.29, 1.82) is 0 Å². The summed E-state index contributed by atoms with van der Waals surface area (Å²) in [6.45, 7) is 0.849. The van der Waals surface area contributed by atoms with Gasteiger partial charge in [0.15, 0.2) is 0 Å². The van der Waals surface area contributed by atoms with Crippen molar-refractivity contribution in [2.45, 2.75) is 25.0 Å². The molecular formula is C48H34N2S2. The molecule has 0 radical (unpaired) electrons. The molecule has 7 aromatic carbocycles. The van der Waals surface area contributed by atoms with Crippen molar-refractivity contribution in [1.82, 2.24) is 5.32 Å². The Kier molecular flexibility index (Phi) is 7.67. The van der Waals surface area contributed by atoms with Crippen molar-refractivity contribution >= 4 is 40.6 Å². The lowest BCUT2D eigenvalue weighted by Crippen LogP contribution is -2.36. The van der Waals surface area contributed by atoms with E-state index in [-0.39, 0.29) is 0 Å². The molecule has 7 aromatic rings. The molecule has 3 aliphatic heterocycles. The predicted molar refractivity (Wildman–Crippen MR) is 219 cm³/mol. The number of para-hydroxylation sites is 1. The first-order valence-corrected chi connectivity index (χ1v) is 19.4. The summed E-state index contributed by atoms with van der Waals surface area (Å²) in [5.74, 6) is 0. The number of anilines is 2. The Balaban J connectivity index is 1.15. The molecule has 0 amide bonds. The zero-order valence-corrected chi connectivity index (χ0v) is 30.0. The van der Waals surface area contributed by atoms with Gasteiger partial charge >= 0.3 is 0 Å². The normalized spacial score (nSPS) is 16.5. The van der Waals surface area contributed by atoms with Gasteiger partial charge in [0.05, 0.1) is 5.41 Å². The second-order valence-electron chi connectivity index (χ2n) is 13.4. The summed E-state index contributed by atoms with van der Waals surface area (Å²) in [6, 6.07) is 60.3. The second kappa shape index (κ2) is 12.8. The highest BCUT2D eigenvalue weighted by Crippen LogP contribution is 2.62. The molecule has 4 heteroatoms. The van der Waals surface area contributed by atoms with Crippen LogP contribution in [0.25, 0.3) is 28.0 Å². The standard InChI is InChI=1S/C48H34N2S2/c1-3-13-32(14-4-1)37-29-33(24-27-43(37)50-36-15-5-2-6-16-36)34-22-25-40-46(30-34)51-44-20-9-7-17-38(44)48(40)39-18-8-10-21-45(39)52-47-31-35(23-26-41(47)48)42-19-11-12-28-49-42/h1-27,29-31,49-50H,28H2. The minimum atomic E-state index is -0.446. The molecule has 3 heterocycles. The SMILES string of the molecule is C1=CCNC(c2ccc3c(c2)Sc2ccccc2C32c3ccccc3Sc3cc(-c4ccc(Nc5ccccc5)c(-c5ccccc5)c4)ccc32)=C1. The van der Waals surface area contributed by atoms with Crippen molar-refractivity contribution < 1.29 is 0 Å². The van der Waals surface area contributed by atoms with E-state index < -0.39 is 5.41 Å². The van der Waals surface area contributed by atoms with Crippen LogP contribution in [-0.4, -0.2) is 6.54 Å². The Morgan fingerprint density at radius 2 is 1.04 bits per heavy atom. The third-order valence-electron chi connectivity index (χ3n) is 10.4. The third-order valence-corrected chi connectivity index (χ3v) is 12.7. The highest BCUT2D eigenvalue weighted by Gasteiger charge is 2.48. The zero-order chi connectivity index (χ0) is 34.5. The van der Waals surface area contributed by atoms with Crippen LogP contribution < -0.4 is 10.6 Å². The highest BCUT2D eigenvalue weighted by atomic mass is 32.2. The van der Waals surface area contributed by atoms with Crippen LogP contribution in [0, 0.1) is 0 Å². The van der Waals surface area contributed by atoms with E-state index in [9.17, 15) is 0 Å². The van der Waals surface area contributed by atoms with Crippen LogP contribution in [0.3, 0.4) is 0 Å². The number of benzene rings is 7. The summed E-state index contributed by atoms with van der Waals surface area (Å²) >= 11 is 3.79. The van der Waals surface area contributed by atoms with Crippen LogP contribution in [0.5, 0.6) is 0 Å². The maximum Gasteiger partial charge on any atom is 0.0745 e. The maximum atomic E-state index is 3.68. The van der Waals surface area contributed by atoms with E-state index in [2.05, 4.69) is 187 Å². The number of dihydropyridines is 1. The molecule has 10 rings (SSSR count). The molecule has 0 saturated heterocycles. The van der Waals surface area contributed by atoms with Crippen LogP contribution in [0.15, 0.2) is 202 Å². The van der Waals surface area contributed by atoms with Gasteiger partial charge in [0.25, 0.3) is 0 Å². The van der Waals surface area contributed by atoms with E-state index in [1.807, 2.05) is 29.6 Å². The van der Waals surface area contributed by atoms with Crippen molar-refractivity contribution in [2.75, 3.05) is 11.9 Å². The molecule has 2 N–H and O–H groups in total. The lowest BCUT2D eigenvalue weighted by molar-refractivity contribution is 0.667. The average Bonchev–Trinajstić information content (AvgIpc) is 3.21. The van der Waals surface area contributed by atoms with Crippen LogP contribution in [0.4, 0.5) is 11.4 Å². The largest absolute Gasteiger partial charge is 0.381 e. The molecule has 0 aromatic heterocycles. The van der Waals surface area contributed by atoms with Crippen molar-refractivity contribution in [3.63, 3.8) is 0 Å². The molecule has 1 spiro atoms. The van der Waals surface area contributed by atoms with Crippen LogP contribution in [-0.2, 0) is 5.41 Å². The third kappa shape index (κ3) is 5.13. The summed E-state index contributed by atoms with van der Waals surface area (Å²) in [4.78, 5) is 5.21. The molecule has 2 nitrogen and oxygen atoms in total. The minimum absolute atomic E-state index is 0.446. The Morgan fingerprint density at radius 1 is 0.481 bits per heavy atom. The minimum Gasteiger partial charge on any atom is -0.381 e. The van der Waals surface area contributed by atoms with Crippen molar-refractivity contribution in [2.24, 2.45) is 0 Å². The smallest absolute Gasteiger partial charge is 0.0745 e. The Hall–Kier alpha value is -5.68. The Bertz CT molecular complexity index is 2540. The first-order valence-electron chi connectivity index (χ1n) is 17.7. The van der Waals surface area contributed by atoms with E-state index >= 15 is 0 Å². The van der Waals surface area contributed by atoms with Crippen molar-refractivity contribution in [3.05, 3.63) is 210 Å². The zero-order valence-electron chi connectivity index (χ0n) is 28.3. The Morgan fingerprint density at radius 3 is 1.71 bits per heavy atom. The molecule has 1 unspecified atom stereocenters. The summed E-state index contributed by atoms with van der Waals surface area (Å²) in [5.41, 5.74) is 14.3. The summed E-state index contributed by atoms with van der Waals surface area (Å²) in [6.07, 6.45) is 6.48. The molecule has 0 saturated carbocycles. The van der Waals surface area contributed by atoms with Gasteiger partial charge in [-0.15, -0.1) is 0 Å². The van der Waals surface area contributed by atoms with E-state index in [1.165, 1.54) is 75.4 Å². The quantitative estimate of drug-likeness (QED) is 0.186. The maximum absolute atomic E-state index is 3.68. The van der Waals surface area contributed by atoms with Crippen molar-refractivity contribution in [3.8, 4) is 22.3 Å². The molecule has 0 bridgehead atoms. The molecule has 248 valence electrons. The molecule has 1 atom stereocenters. The molecule has 0 aliphatic carbocycles. The fraction of sp³-hybridized carbons (Fsp3) is 0.0417. The average molecular weight is 703 g/mol. The van der Waals surface area contributed by atoms with E-state index in [0.717, 1.165) is 17.9 Å². The number of fused-ring (bicyclic) bond motifs is 8. The van der Waals surface area contributed by atoms with Gasteiger partial charge in [-0.05, 0) is 99.1 Å².